The van der Waals surface area contributed by atoms with Gasteiger partial charge in [0.1, 0.15) is 5.76 Å². The minimum absolute atomic E-state index is 0. The Morgan fingerprint density at radius 1 is 1.20 bits per heavy atom. The van der Waals surface area contributed by atoms with Gasteiger partial charge in [0.05, 0.1) is 5.92 Å². The molecule has 0 bridgehead atoms. The Morgan fingerprint density at radius 3 is 2.47 bits per heavy atom. The van der Waals surface area contributed by atoms with Gasteiger partial charge in [-0.1, -0.05) is 25.3 Å². The van der Waals surface area contributed by atoms with Gasteiger partial charge in [0.15, 0.2) is 5.78 Å². The first-order chi connectivity index (χ1) is 6.79. The lowest BCUT2D eigenvalue weighted by Crippen LogP contribution is -2.27. The van der Waals surface area contributed by atoms with Gasteiger partial charge in [-0.15, -0.1) is 0 Å². The fourth-order valence-electron chi connectivity index (χ4n) is 2.54. The number of carbonyl (C=O) groups excluding carboxylic acids is 1. The molecule has 1 fully saturated rings. The molecule has 0 aromatic rings. The van der Waals surface area contributed by atoms with E-state index in [1.807, 2.05) is 0 Å². The summed E-state index contributed by atoms with van der Waals surface area (Å²) in [6.07, 6.45) is 10.7. The number of allylic oxidation sites excluding steroid dienone is 4. The first-order valence-corrected chi connectivity index (χ1v) is 5.40. The lowest BCUT2D eigenvalue weighted by Gasteiger charge is -2.29. The number of aliphatic hydroxyl groups excluding tert-OH is 1. The van der Waals surface area contributed by atoms with Crippen LogP contribution in [0.2, 0.25) is 0 Å². The highest BCUT2D eigenvalue weighted by atomic mass is 16.3. The molecule has 1 saturated carbocycles. The lowest BCUT2D eigenvalue weighted by atomic mass is 9.76. The fourth-order valence-corrected chi connectivity index (χ4v) is 2.54. The quantitative estimate of drug-likeness (QED) is 0.718. The molecular formula is C12H18O3. The van der Waals surface area contributed by atoms with Gasteiger partial charge in [-0.25, -0.2) is 0 Å². The SMILES string of the molecule is O.O=C1C=CC=C(O)C1C1CCCCC1. The highest BCUT2D eigenvalue weighted by Crippen LogP contribution is 2.34. The Morgan fingerprint density at radius 2 is 1.87 bits per heavy atom. The topological polar surface area (TPSA) is 68.8 Å². The molecule has 15 heavy (non-hydrogen) atoms. The number of carbonyl (C=O) groups is 1. The lowest BCUT2D eigenvalue weighted by molar-refractivity contribution is -0.120. The Kier molecular flexibility index (Phi) is 4.09. The molecule has 0 radical (unpaired) electrons. The Labute approximate surface area is 89.8 Å². The van der Waals surface area contributed by atoms with E-state index in [9.17, 15) is 9.90 Å². The summed E-state index contributed by atoms with van der Waals surface area (Å²) < 4.78 is 0. The summed E-state index contributed by atoms with van der Waals surface area (Å²) in [5, 5.41) is 9.68. The van der Waals surface area contributed by atoms with Crippen molar-refractivity contribution in [2.24, 2.45) is 11.8 Å². The van der Waals surface area contributed by atoms with Crippen LogP contribution in [0.3, 0.4) is 0 Å². The third-order valence-corrected chi connectivity index (χ3v) is 3.27. The predicted molar refractivity (Wildman–Crippen MR) is 58.5 cm³/mol. The zero-order valence-corrected chi connectivity index (χ0v) is 8.78. The van der Waals surface area contributed by atoms with Crippen LogP contribution in [0.15, 0.2) is 24.0 Å². The highest BCUT2D eigenvalue weighted by molar-refractivity contribution is 5.95. The average molecular weight is 210 g/mol. The highest BCUT2D eigenvalue weighted by Gasteiger charge is 2.32. The van der Waals surface area contributed by atoms with Crippen molar-refractivity contribution in [2.45, 2.75) is 32.1 Å². The largest absolute Gasteiger partial charge is 0.512 e. The van der Waals surface area contributed by atoms with Crippen LogP contribution >= 0.6 is 0 Å². The van der Waals surface area contributed by atoms with Gasteiger partial charge >= 0.3 is 0 Å². The van der Waals surface area contributed by atoms with Crippen molar-refractivity contribution >= 4 is 5.78 Å². The Hall–Kier alpha value is -1.09. The first-order valence-electron chi connectivity index (χ1n) is 5.40. The van der Waals surface area contributed by atoms with Crippen molar-refractivity contribution in [3.05, 3.63) is 24.0 Å². The molecule has 3 N–H and O–H groups in total. The molecule has 0 saturated heterocycles. The summed E-state index contributed by atoms with van der Waals surface area (Å²) >= 11 is 0. The van der Waals surface area contributed by atoms with E-state index in [0.717, 1.165) is 12.8 Å². The molecule has 2 aliphatic rings. The molecule has 0 amide bonds. The van der Waals surface area contributed by atoms with E-state index in [4.69, 9.17) is 0 Å². The molecule has 1 atom stereocenters. The summed E-state index contributed by atoms with van der Waals surface area (Å²) in [6, 6.07) is 0. The number of rotatable bonds is 1. The summed E-state index contributed by atoms with van der Waals surface area (Å²) in [5.41, 5.74) is 0. The predicted octanol–water partition coefficient (Wildman–Crippen LogP) is 1.94. The van der Waals surface area contributed by atoms with Gasteiger partial charge in [0.2, 0.25) is 0 Å². The van der Waals surface area contributed by atoms with Crippen molar-refractivity contribution in [3.63, 3.8) is 0 Å². The molecule has 0 aliphatic heterocycles. The van der Waals surface area contributed by atoms with Crippen LogP contribution < -0.4 is 0 Å². The van der Waals surface area contributed by atoms with Gasteiger partial charge in [-0.2, -0.15) is 0 Å². The zero-order chi connectivity index (χ0) is 9.97. The third kappa shape index (κ3) is 2.48. The molecule has 0 aromatic carbocycles. The van der Waals surface area contributed by atoms with Gasteiger partial charge in [-0.05, 0) is 30.9 Å². The average Bonchev–Trinajstić information content (AvgIpc) is 2.19. The number of ketones is 1. The van der Waals surface area contributed by atoms with E-state index < -0.39 is 0 Å². The van der Waals surface area contributed by atoms with E-state index in [2.05, 4.69) is 0 Å². The van der Waals surface area contributed by atoms with Gasteiger partial charge in [-0.3, -0.25) is 4.79 Å². The normalized spacial score (nSPS) is 27.1. The van der Waals surface area contributed by atoms with Crippen LogP contribution in [-0.2, 0) is 4.79 Å². The number of hydrogen-bond acceptors (Lipinski definition) is 2. The van der Waals surface area contributed by atoms with Gasteiger partial charge < -0.3 is 10.6 Å². The van der Waals surface area contributed by atoms with Crippen LogP contribution in [-0.4, -0.2) is 16.4 Å². The fraction of sp³-hybridized carbons (Fsp3) is 0.583. The van der Waals surface area contributed by atoms with Crippen LogP contribution in [0.5, 0.6) is 0 Å². The van der Waals surface area contributed by atoms with E-state index in [1.165, 1.54) is 19.3 Å². The molecule has 2 rings (SSSR count). The van der Waals surface area contributed by atoms with E-state index >= 15 is 0 Å². The van der Waals surface area contributed by atoms with Crippen LogP contribution in [0.4, 0.5) is 0 Å². The monoisotopic (exact) mass is 210 g/mol. The Balaban J connectivity index is 0.00000112. The molecule has 0 spiro atoms. The minimum atomic E-state index is -0.236. The zero-order valence-electron chi connectivity index (χ0n) is 8.78. The summed E-state index contributed by atoms with van der Waals surface area (Å²) in [7, 11) is 0. The van der Waals surface area contributed by atoms with Crippen molar-refractivity contribution in [1.82, 2.24) is 0 Å². The van der Waals surface area contributed by atoms with Crippen LogP contribution in [0, 0.1) is 11.8 Å². The van der Waals surface area contributed by atoms with Gasteiger partial charge in [0.25, 0.3) is 0 Å². The molecule has 0 heterocycles. The smallest absolute Gasteiger partial charge is 0.166 e. The van der Waals surface area contributed by atoms with E-state index in [-0.39, 0.29) is 22.9 Å². The summed E-state index contributed by atoms with van der Waals surface area (Å²) in [4.78, 5) is 11.6. The van der Waals surface area contributed by atoms with Crippen molar-refractivity contribution in [2.75, 3.05) is 0 Å². The molecule has 3 heteroatoms. The molecule has 1 unspecified atom stereocenters. The maximum absolute atomic E-state index is 11.6. The van der Waals surface area contributed by atoms with Crippen LogP contribution in [0.25, 0.3) is 0 Å². The molecular weight excluding hydrogens is 192 g/mol. The number of aliphatic hydroxyl groups is 1. The second-order valence-electron chi connectivity index (χ2n) is 4.23. The molecule has 2 aliphatic carbocycles. The standard InChI is InChI=1S/C12H16O2.H2O/c13-10-7-4-8-11(14)12(10)9-5-2-1-3-6-9;/h4,7-9,12-13H,1-3,5-6H2;1H2. The second kappa shape index (κ2) is 5.12. The van der Waals surface area contributed by atoms with E-state index in [1.54, 1.807) is 18.2 Å². The van der Waals surface area contributed by atoms with Crippen molar-refractivity contribution in [1.29, 1.82) is 0 Å². The Bertz CT molecular complexity index is 285. The maximum atomic E-state index is 11.6. The summed E-state index contributed by atoms with van der Waals surface area (Å²) in [6.45, 7) is 0. The number of hydrogen-bond donors (Lipinski definition) is 1. The minimum Gasteiger partial charge on any atom is -0.512 e. The molecule has 3 nitrogen and oxygen atoms in total. The van der Waals surface area contributed by atoms with E-state index in [0.29, 0.717) is 5.92 Å². The third-order valence-electron chi connectivity index (χ3n) is 3.27. The molecule has 0 aromatic heterocycles. The van der Waals surface area contributed by atoms with Crippen molar-refractivity contribution in [3.8, 4) is 0 Å². The first kappa shape index (κ1) is 12.0. The van der Waals surface area contributed by atoms with Crippen LogP contribution in [0.1, 0.15) is 32.1 Å². The second-order valence-corrected chi connectivity index (χ2v) is 4.23. The summed E-state index contributed by atoms with van der Waals surface area (Å²) in [5.74, 6) is 0.485. The maximum Gasteiger partial charge on any atom is 0.166 e. The van der Waals surface area contributed by atoms with Gasteiger partial charge in [0, 0.05) is 0 Å². The molecule has 84 valence electrons. The van der Waals surface area contributed by atoms with Crippen molar-refractivity contribution < 1.29 is 15.4 Å².